The Morgan fingerprint density at radius 3 is 2.60 bits per heavy atom. The van der Waals surface area contributed by atoms with Crippen molar-refractivity contribution in [2.75, 3.05) is 13.1 Å². The van der Waals surface area contributed by atoms with Gasteiger partial charge in [-0.25, -0.2) is 5.84 Å². The van der Waals surface area contributed by atoms with Crippen molar-refractivity contribution >= 4 is 17.2 Å². The lowest BCUT2D eigenvalue weighted by molar-refractivity contribution is 0.0893. The van der Waals surface area contributed by atoms with E-state index in [1.165, 1.54) is 37.0 Å². The second kappa shape index (κ2) is 6.70. The fraction of sp³-hybridized carbons (Fsp3) is 0.667. The van der Waals surface area contributed by atoms with Gasteiger partial charge in [0.05, 0.1) is 4.88 Å². The number of nitrogen functional groups attached to an aromatic ring is 1. The molecule has 0 saturated carbocycles. The number of rotatable bonds is 5. The number of thiophene rings is 1. The summed E-state index contributed by atoms with van der Waals surface area (Å²) in [5, 5.41) is 1.96. The van der Waals surface area contributed by atoms with Crippen LogP contribution in [0.15, 0.2) is 11.4 Å². The van der Waals surface area contributed by atoms with E-state index in [1.54, 1.807) is 0 Å². The van der Waals surface area contributed by atoms with Gasteiger partial charge in [0.15, 0.2) is 0 Å². The molecule has 2 heterocycles. The highest BCUT2D eigenvalue weighted by Crippen LogP contribution is 2.38. The first-order valence-electron chi connectivity index (χ1n) is 7.44. The van der Waals surface area contributed by atoms with E-state index in [-0.39, 0.29) is 5.91 Å². The first kappa shape index (κ1) is 15.5. The average Bonchev–Trinajstić information content (AvgIpc) is 2.96. The predicted molar refractivity (Wildman–Crippen MR) is 83.5 cm³/mol. The summed E-state index contributed by atoms with van der Waals surface area (Å²) in [4.78, 5) is 14.9. The molecule has 4 nitrogen and oxygen atoms in total. The Balaban J connectivity index is 1.96. The third-order valence-corrected chi connectivity index (χ3v) is 5.85. The molecule has 0 spiro atoms. The van der Waals surface area contributed by atoms with Gasteiger partial charge in [-0.1, -0.05) is 26.7 Å². The van der Waals surface area contributed by atoms with Crippen LogP contribution in [0, 0.1) is 5.41 Å². The standard InChI is InChI=1S/C15H25N3OS/c1-3-15(4-2)6-8-18(9-7-15)11-12-5-10-20-13(12)14(19)17-16/h5,10H,3-4,6-9,11,16H2,1-2H3,(H,17,19). The first-order valence-corrected chi connectivity index (χ1v) is 8.31. The number of nitrogens with one attached hydrogen (secondary N) is 1. The van der Waals surface area contributed by atoms with E-state index < -0.39 is 0 Å². The molecule has 1 fully saturated rings. The van der Waals surface area contributed by atoms with Crippen molar-refractivity contribution < 1.29 is 4.79 Å². The van der Waals surface area contributed by atoms with Gasteiger partial charge in [0, 0.05) is 6.54 Å². The van der Waals surface area contributed by atoms with Crippen LogP contribution in [-0.4, -0.2) is 23.9 Å². The van der Waals surface area contributed by atoms with Gasteiger partial charge < -0.3 is 0 Å². The number of hydrogen-bond acceptors (Lipinski definition) is 4. The molecule has 2 rings (SSSR count). The minimum atomic E-state index is -0.177. The number of carbonyl (C=O) groups excluding carboxylic acids is 1. The lowest BCUT2D eigenvalue weighted by Gasteiger charge is -2.41. The highest BCUT2D eigenvalue weighted by molar-refractivity contribution is 7.12. The van der Waals surface area contributed by atoms with Gasteiger partial charge in [0.1, 0.15) is 0 Å². The number of piperidine rings is 1. The van der Waals surface area contributed by atoms with Crippen LogP contribution in [0.4, 0.5) is 0 Å². The number of hydrogen-bond donors (Lipinski definition) is 2. The third kappa shape index (κ3) is 3.22. The van der Waals surface area contributed by atoms with Crippen molar-refractivity contribution in [2.45, 2.75) is 46.1 Å². The Labute approximate surface area is 125 Å². The number of likely N-dealkylation sites (tertiary alicyclic amines) is 1. The molecule has 20 heavy (non-hydrogen) atoms. The van der Waals surface area contributed by atoms with Crippen LogP contribution < -0.4 is 11.3 Å². The molecule has 0 unspecified atom stereocenters. The monoisotopic (exact) mass is 295 g/mol. The zero-order valence-electron chi connectivity index (χ0n) is 12.4. The number of nitrogens with two attached hydrogens (primary N) is 1. The molecule has 5 heteroatoms. The van der Waals surface area contributed by atoms with E-state index in [0.717, 1.165) is 30.1 Å². The minimum Gasteiger partial charge on any atom is -0.299 e. The summed E-state index contributed by atoms with van der Waals surface area (Å²) < 4.78 is 0. The molecule has 0 aliphatic carbocycles. The van der Waals surface area contributed by atoms with Crippen molar-refractivity contribution in [1.82, 2.24) is 10.3 Å². The lowest BCUT2D eigenvalue weighted by Crippen LogP contribution is -2.39. The van der Waals surface area contributed by atoms with Crippen LogP contribution in [0.3, 0.4) is 0 Å². The predicted octanol–water partition coefficient (Wildman–Crippen LogP) is 2.75. The van der Waals surface area contributed by atoms with Crippen LogP contribution in [-0.2, 0) is 6.54 Å². The van der Waals surface area contributed by atoms with Crippen molar-refractivity contribution in [3.63, 3.8) is 0 Å². The van der Waals surface area contributed by atoms with Crippen molar-refractivity contribution in [1.29, 1.82) is 0 Å². The summed E-state index contributed by atoms with van der Waals surface area (Å²) in [6.45, 7) is 7.72. The van der Waals surface area contributed by atoms with Gasteiger partial charge in [-0.15, -0.1) is 11.3 Å². The number of hydrazine groups is 1. The highest BCUT2D eigenvalue weighted by atomic mass is 32.1. The van der Waals surface area contributed by atoms with Crippen LogP contribution >= 0.6 is 11.3 Å². The largest absolute Gasteiger partial charge is 0.299 e. The van der Waals surface area contributed by atoms with Crippen molar-refractivity contribution in [3.05, 3.63) is 21.9 Å². The fourth-order valence-electron chi connectivity index (χ4n) is 3.11. The molecule has 0 atom stereocenters. The summed E-state index contributed by atoms with van der Waals surface area (Å²) in [6.07, 6.45) is 5.08. The van der Waals surface area contributed by atoms with E-state index in [2.05, 4.69) is 24.2 Å². The normalized spacial score (nSPS) is 18.9. The first-order chi connectivity index (χ1) is 9.64. The molecule has 1 aliphatic rings. The zero-order chi connectivity index (χ0) is 14.6. The van der Waals surface area contributed by atoms with Gasteiger partial charge in [0.25, 0.3) is 5.91 Å². The van der Waals surface area contributed by atoms with E-state index in [1.807, 2.05) is 11.4 Å². The number of carbonyl (C=O) groups is 1. The van der Waals surface area contributed by atoms with E-state index in [9.17, 15) is 4.79 Å². The molecular weight excluding hydrogens is 270 g/mol. The Bertz CT molecular complexity index is 444. The quantitative estimate of drug-likeness (QED) is 0.499. The van der Waals surface area contributed by atoms with Gasteiger partial charge in [-0.3, -0.25) is 15.1 Å². The van der Waals surface area contributed by atoms with Gasteiger partial charge in [-0.05, 0) is 48.4 Å². The molecule has 3 N–H and O–H groups in total. The van der Waals surface area contributed by atoms with Crippen LogP contribution in [0.5, 0.6) is 0 Å². The zero-order valence-corrected chi connectivity index (χ0v) is 13.3. The Morgan fingerprint density at radius 1 is 1.40 bits per heavy atom. The molecule has 0 aromatic carbocycles. The van der Waals surface area contributed by atoms with Gasteiger partial charge in [-0.2, -0.15) is 0 Å². The second-order valence-electron chi connectivity index (χ2n) is 5.73. The Hall–Kier alpha value is -0.910. The summed E-state index contributed by atoms with van der Waals surface area (Å²) in [5.74, 6) is 5.05. The Morgan fingerprint density at radius 2 is 2.05 bits per heavy atom. The van der Waals surface area contributed by atoms with E-state index in [4.69, 9.17) is 5.84 Å². The third-order valence-electron chi connectivity index (χ3n) is 4.89. The molecule has 1 amide bonds. The molecule has 1 saturated heterocycles. The molecule has 0 radical (unpaired) electrons. The second-order valence-corrected chi connectivity index (χ2v) is 6.65. The average molecular weight is 295 g/mol. The lowest BCUT2D eigenvalue weighted by atomic mass is 9.74. The molecule has 0 bridgehead atoms. The maximum atomic E-state index is 11.7. The van der Waals surface area contributed by atoms with Crippen LogP contribution in [0.2, 0.25) is 0 Å². The summed E-state index contributed by atoms with van der Waals surface area (Å²) >= 11 is 1.46. The number of amides is 1. The number of nitrogens with zero attached hydrogens (tertiary/aromatic N) is 1. The van der Waals surface area contributed by atoms with Crippen LogP contribution in [0.25, 0.3) is 0 Å². The van der Waals surface area contributed by atoms with Gasteiger partial charge >= 0.3 is 0 Å². The SMILES string of the molecule is CCC1(CC)CCN(Cc2ccsc2C(=O)NN)CC1. The summed E-state index contributed by atoms with van der Waals surface area (Å²) in [7, 11) is 0. The van der Waals surface area contributed by atoms with E-state index in [0.29, 0.717) is 5.41 Å². The fourth-order valence-corrected chi connectivity index (χ4v) is 3.93. The maximum Gasteiger partial charge on any atom is 0.275 e. The molecule has 1 aliphatic heterocycles. The molecule has 112 valence electrons. The van der Waals surface area contributed by atoms with Gasteiger partial charge in [0.2, 0.25) is 0 Å². The van der Waals surface area contributed by atoms with Crippen LogP contribution in [0.1, 0.15) is 54.8 Å². The molecule has 1 aromatic heterocycles. The topological polar surface area (TPSA) is 58.4 Å². The van der Waals surface area contributed by atoms with Crippen molar-refractivity contribution in [3.8, 4) is 0 Å². The van der Waals surface area contributed by atoms with Crippen molar-refractivity contribution in [2.24, 2.45) is 11.3 Å². The summed E-state index contributed by atoms with van der Waals surface area (Å²) in [5.41, 5.74) is 3.87. The molecular formula is C15H25N3OS. The smallest absolute Gasteiger partial charge is 0.275 e. The molecule has 1 aromatic rings. The highest BCUT2D eigenvalue weighted by Gasteiger charge is 2.31. The van der Waals surface area contributed by atoms with E-state index >= 15 is 0 Å². The minimum absolute atomic E-state index is 0.177. The maximum absolute atomic E-state index is 11.7. The summed E-state index contributed by atoms with van der Waals surface area (Å²) in [6, 6.07) is 2.04. The Kier molecular flexibility index (Phi) is 5.18.